The Morgan fingerprint density at radius 3 is 2.40 bits per heavy atom. The minimum atomic E-state index is -0.657. The Morgan fingerprint density at radius 1 is 1.15 bits per heavy atom. The van der Waals surface area contributed by atoms with Crippen molar-refractivity contribution >= 4 is 5.97 Å². The van der Waals surface area contributed by atoms with Crippen LogP contribution in [0.25, 0.3) is 11.4 Å². The Balaban J connectivity index is 2.37. The molecule has 2 rings (SSSR count). The molecule has 1 aromatic heterocycles. The van der Waals surface area contributed by atoms with Crippen molar-refractivity contribution in [1.29, 1.82) is 0 Å². The molecule has 0 aliphatic rings. The predicted molar refractivity (Wildman–Crippen MR) is 68.2 cm³/mol. The Kier molecular flexibility index (Phi) is 3.69. The molecule has 0 aliphatic heterocycles. The summed E-state index contributed by atoms with van der Waals surface area (Å²) in [5, 5.41) is 14.6. The van der Waals surface area contributed by atoms with Crippen molar-refractivity contribution in [2.24, 2.45) is 0 Å². The Morgan fingerprint density at radius 2 is 1.80 bits per heavy atom. The predicted octanol–water partition coefficient (Wildman–Crippen LogP) is 2.03. The summed E-state index contributed by atoms with van der Waals surface area (Å²) in [4.78, 5) is 11.9. The van der Waals surface area contributed by atoms with Gasteiger partial charge in [-0.1, -0.05) is 0 Å². The van der Waals surface area contributed by atoms with Crippen LogP contribution in [0.3, 0.4) is 0 Å². The fourth-order valence-corrected chi connectivity index (χ4v) is 1.49. The van der Waals surface area contributed by atoms with Gasteiger partial charge >= 0.3 is 5.97 Å². The van der Waals surface area contributed by atoms with Gasteiger partial charge in [0.25, 0.3) is 0 Å². The second-order valence-corrected chi connectivity index (χ2v) is 5.10. The summed E-state index contributed by atoms with van der Waals surface area (Å²) < 4.78 is 18.8. The monoisotopic (exact) mass is 276 g/mol. The van der Waals surface area contributed by atoms with Crippen LogP contribution in [-0.2, 0) is 4.74 Å². The SMILES string of the molecule is CC(C)(C)OC(=O)c1cc(F)cc(-c2nncnn2)c1. The average Bonchev–Trinajstić information content (AvgIpc) is 2.37. The molecular weight excluding hydrogens is 263 g/mol. The van der Waals surface area contributed by atoms with Gasteiger partial charge in [0.15, 0.2) is 6.33 Å². The first-order valence-corrected chi connectivity index (χ1v) is 5.90. The van der Waals surface area contributed by atoms with Gasteiger partial charge in [0.2, 0.25) is 5.82 Å². The van der Waals surface area contributed by atoms with E-state index in [2.05, 4.69) is 20.4 Å². The van der Waals surface area contributed by atoms with E-state index < -0.39 is 17.4 Å². The van der Waals surface area contributed by atoms with Gasteiger partial charge in [0, 0.05) is 5.56 Å². The number of ether oxygens (including phenoxy) is 1. The summed E-state index contributed by atoms with van der Waals surface area (Å²) in [6.07, 6.45) is 1.16. The molecule has 6 nitrogen and oxygen atoms in total. The summed E-state index contributed by atoms with van der Waals surface area (Å²) in [7, 11) is 0. The van der Waals surface area contributed by atoms with Crippen molar-refractivity contribution in [3.05, 3.63) is 35.9 Å². The van der Waals surface area contributed by atoms with Gasteiger partial charge in [-0.05, 0) is 39.0 Å². The van der Waals surface area contributed by atoms with Gasteiger partial charge in [-0.25, -0.2) is 9.18 Å². The van der Waals surface area contributed by atoms with E-state index in [1.807, 2.05) is 0 Å². The summed E-state index contributed by atoms with van der Waals surface area (Å²) in [5.74, 6) is -1.07. The molecule has 0 atom stereocenters. The van der Waals surface area contributed by atoms with Crippen LogP contribution in [0, 0.1) is 5.82 Å². The number of hydrogen-bond acceptors (Lipinski definition) is 6. The molecular formula is C13H13FN4O2. The zero-order valence-corrected chi connectivity index (χ0v) is 11.3. The standard InChI is InChI=1S/C13H13FN4O2/c1-13(2,3)20-12(19)9-4-8(5-10(14)6-9)11-17-15-7-16-18-11/h4-7H,1-3H3. The van der Waals surface area contributed by atoms with E-state index in [-0.39, 0.29) is 11.4 Å². The lowest BCUT2D eigenvalue weighted by molar-refractivity contribution is 0.00690. The highest BCUT2D eigenvalue weighted by Gasteiger charge is 2.19. The van der Waals surface area contributed by atoms with Gasteiger partial charge in [-0.15, -0.1) is 20.4 Å². The lowest BCUT2D eigenvalue weighted by Gasteiger charge is -2.19. The highest BCUT2D eigenvalue weighted by molar-refractivity contribution is 5.91. The van der Waals surface area contributed by atoms with Crippen LogP contribution < -0.4 is 0 Å². The van der Waals surface area contributed by atoms with Crippen LogP contribution in [0.15, 0.2) is 24.5 Å². The Labute approximate surface area is 115 Å². The van der Waals surface area contributed by atoms with E-state index in [0.717, 1.165) is 12.4 Å². The largest absolute Gasteiger partial charge is 0.456 e. The third-order valence-corrected chi connectivity index (χ3v) is 2.20. The quantitative estimate of drug-likeness (QED) is 0.781. The third kappa shape index (κ3) is 3.53. The van der Waals surface area contributed by atoms with E-state index in [1.54, 1.807) is 20.8 Å². The summed E-state index contributed by atoms with van der Waals surface area (Å²) in [5.41, 5.74) is -0.260. The number of carbonyl (C=O) groups is 1. The van der Waals surface area contributed by atoms with Crippen LogP contribution in [0.5, 0.6) is 0 Å². The number of rotatable bonds is 2. The highest BCUT2D eigenvalue weighted by atomic mass is 19.1. The molecule has 0 saturated heterocycles. The molecule has 0 aliphatic carbocycles. The van der Waals surface area contributed by atoms with Crippen molar-refractivity contribution in [3.63, 3.8) is 0 Å². The molecule has 0 unspecified atom stereocenters. The normalized spacial score (nSPS) is 11.2. The number of aromatic nitrogens is 4. The van der Waals surface area contributed by atoms with Gasteiger partial charge in [-0.2, -0.15) is 0 Å². The minimum absolute atomic E-state index is 0.0855. The average molecular weight is 276 g/mol. The number of halogens is 1. The van der Waals surface area contributed by atoms with Crippen LogP contribution >= 0.6 is 0 Å². The molecule has 0 saturated carbocycles. The summed E-state index contributed by atoms with van der Waals surface area (Å²) in [6.45, 7) is 5.21. The van der Waals surface area contributed by atoms with Crippen molar-refractivity contribution in [3.8, 4) is 11.4 Å². The zero-order chi connectivity index (χ0) is 14.8. The number of carbonyl (C=O) groups excluding carboxylic acids is 1. The zero-order valence-electron chi connectivity index (χ0n) is 11.3. The molecule has 7 heteroatoms. The molecule has 0 spiro atoms. The van der Waals surface area contributed by atoms with Crippen LogP contribution in [0.4, 0.5) is 4.39 Å². The maximum atomic E-state index is 13.6. The van der Waals surface area contributed by atoms with Crippen LogP contribution in [0.1, 0.15) is 31.1 Å². The molecule has 104 valence electrons. The molecule has 2 aromatic rings. The van der Waals surface area contributed by atoms with E-state index >= 15 is 0 Å². The number of benzene rings is 1. The van der Waals surface area contributed by atoms with Gasteiger partial charge < -0.3 is 4.74 Å². The van der Waals surface area contributed by atoms with Crippen molar-refractivity contribution in [2.75, 3.05) is 0 Å². The van der Waals surface area contributed by atoms with E-state index in [4.69, 9.17) is 4.74 Å². The van der Waals surface area contributed by atoms with Gasteiger partial charge in [-0.3, -0.25) is 0 Å². The maximum Gasteiger partial charge on any atom is 0.338 e. The minimum Gasteiger partial charge on any atom is -0.456 e. The van der Waals surface area contributed by atoms with Crippen molar-refractivity contribution < 1.29 is 13.9 Å². The van der Waals surface area contributed by atoms with Crippen LogP contribution in [0.2, 0.25) is 0 Å². The highest BCUT2D eigenvalue weighted by Crippen LogP contribution is 2.19. The first kappa shape index (κ1) is 14.0. The fourth-order valence-electron chi connectivity index (χ4n) is 1.49. The Hall–Kier alpha value is -2.44. The first-order chi connectivity index (χ1) is 9.35. The molecule has 0 fully saturated rings. The smallest absolute Gasteiger partial charge is 0.338 e. The number of hydrogen-bond donors (Lipinski definition) is 0. The molecule has 20 heavy (non-hydrogen) atoms. The molecule has 0 N–H and O–H groups in total. The van der Waals surface area contributed by atoms with E-state index in [9.17, 15) is 9.18 Å². The first-order valence-electron chi connectivity index (χ1n) is 5.90. The number of esters is 1. The molecule has 0 bridgehead atoms. The number of nitrogens with zero attached hydrogens (tertiary/aromatic N) is 4. The van der Waals surface area contributed by atoms with Gasteiger partial charge in [0.05, 0.1) is 5.56 Å². The second kappa shape index (κ2) is 5.28. The third-order valence-electron chi connectivity index (χ3n) is 2.20. The lowest BCUT2D eigenvalue weighted by atomic mass is 10.1. The summed E-state index contributed by atoms with van der Waals surface area (Å²) >= 11 is 0. The van der Waals surface area contributed by atoms with E-state index in [1.165, 1.54) is 12.1 Å². The fraction of sp³-hybridized carbons (Fsp3) is 0.308. The summed E-state index contributed by atoms with van der Waals surface area (Å²) in [6, 6.07) is 3.74. The molecule has 0 radical (unpaired) electrons. The van der Waals surface area contributed by atoms with Crippen molar-refractivity contribution in [1.82, 2.24) is 20.4 Å². The molecule has 1 aromatic carbocycles. The molecule has 1 heterocycles. The van der Waals surface area contributed by atoms with Crippen LogP contribution in [-0.4, -0.2) is 32.0 Å². The van der Waals surface area contributed by atoms with Crippen molar-refractivity contribution in [2.45, 2.75) is 26.4 Å². The van der Waals surface area contributed by atoms with E-state index in [0.29, 0.717) is 5.56 Å². The Bertz CT molecular complexity index is 626. The second-order valence-electron chi connectivity index (χ2n) is 5.10. The van der Waals surface area contributed by atoms with Gasteiger partial charge in [0.1, 0.15) is 11.4 Å². The maximum absolute atomic E-state index is 13.6. The lowest BCUT2D eigenvalue weighted by Crippen LogP contribution is -2.24. The molecule has 0 amide bonds. The topological polar surface area (TPSA) is 77.9 Å².